The van der Waals surface area contributed by atoms with Gasteiger partial charge in [0.1, 0.15) is 5.82 Å². The summed E-state index contributed by atoms with van der Waals surface area (Å²) in [7, 11) is 0. The van der Waals surface area contributed by atoms with Crippen molar-refractivity contribution in [3.05, 3.63) is 93.4 Å². The molecule has 1 aromatic carbocycles. The number of pyridine rings is 3. The molecular formula is C21H15N5O2. The first kappa shape index (κ1) is 16.2. The number of fused-ring (bicyclic) bond motifs is 2. The van der Waals surface area contributed by atoms with Crippen LogP contribution in [0.3, 0.4) is 0 Å². The van der Waals surface area contributed by atoms with Crippen LogP contribution in [0.15, 0.2) is 76.7 Å². The van der Waals surface area contributed by atoms with Gasteiger partial charge in [0.05, 0.1) is 28.0 Å². The summed E-state index contributed by atoms with van der Waals surface area (Å²) in [5.74, 6) is 0.553. The van der Waals surface area contributed by atoms with E-state index >= 15 is 0 Å². The van der Waals surface area contributed by atoms with Gasteiger partial charge in [-0.05, 0) is 37.3 Å². The summed E-state index contributed by atoms with van der Waals surface area (Å²) in [6.45, 7) is 1.99. The summed E-state index contributed by atoms with van der Waals surface area (Å²) in [5, 5.41) is 7.43. The van der Waals surface area contributed by atoms with Crippen LogP contribution in [0.4, 0.5) is 0 Å². The second kappa shape index (κ2) is 6.02. The van der Waals surface area contributed by atoms with E-state index in [4.69, 9.17) is 0 Å². The van der Waals surface area contributed by atoms with E-state index in [0.29, 0.717) is 27.6 Å². The van der Waals surface area contributed by atoms with E-state index in [-0.39, 0.29) is 11.1 Å². The van der Waals surface area contributed by atoms with Crippen molar-refractivity contribution in [1.82, 2.24) is 24.3 Å². The Balaban J connectivity index is 1.79. The van der Waals surface area contributed by atoms with Gasteiger partial charge in [-0.2, -0.15) is 5.10 Å². The Labute approximate surface area is 158 Å². The SMILES string of the molecule is Cc1ccc(-n2ccc3nc4ccn(-c5ccn[nH]5)c(=O)c4cc3c2=O)cc1. The number of hydrogen-bond acceptors (Lipinski definition) is 4. The number of aryl methyl sites for hydroxylation is 1. The molecule has 7 heteroatoms. The summed E-state index contributed by atoms with van der Waals surface area (Å²) in [6.07, 6.45) is 4.93. The summed E-state index contributed by atoms with van der Waals surface area (Å²) in [5.41, 5.74) is 2.50. The molecule has 0 fully saturated rings. The maximum Gasteiger partial charge on any atom is 0.265 e. The molecule has 4 aromatic heterocycles. The van der Waals surface area contributed by atoms with Gasteiger partial charge in [-0.15, -0.1) is 0 Å². The standard InChI is InChI=1S/C21H15N5O2/c1-13-2-4-14(5-3-13)25-10-7-17-15(20(25)27)12-16-18(23-17)8-11-26(21(16)28)19-6-9-22-24-19/h2-12H,1H3,(H,22,24). The van der Waals surface area contributed by atoms with Gasteiger partial charge in [0.2, 0.25) is 0 Å². The lowest BCUT2D eigenvalue weighted by atomic mass is 10.1. The summed E-state index contributed by atoms with van der Waals surface area (Å²) >= 11 is 0. The van der Waals surface area contributed by atoms with Gasteiger partial charge >= 0.3 is 0 Å². The molecular weight excluding hydrogens is 354 g/mol. The number of hydrogen-bond donors (Lipinski definition) is 1. The van der Waals surface area contributed by atoms with Crippen molar-refractivity contribution >= 4 is 21.8 Å². The second-order valence-electron chi connectivity index (χ2n) is 6.61. The van der Waals surface area contributed by atoms with Gasteiger partial charge in [-0.25, -0.2) is 4.98 Å². The first-order valence-corrected chi connectivity index (χ1v) is 8.76. The number of nitrogens with one attached hydrogen (secondary N) is 1. The van der Waals surface area contributed by atoms with Gasteiger partial charge in [0.15, 0.2) is 0 Å². The minimum absolute atomic E-state index is 0.216. The fraction of sp³-hybridized carbons (Fsp3) is 0.0476. The topological polar surface area (TPSA) is 85.6 Å². The number of aromatic amines is 1. The summed E-state index contributed by atoms with van der Waals surface area (Å²) in [4.78, 5) is 30.5. The third-order valence-corrected chi connectivity index (χ3v) is 4.80. The van der Waals surface area contributed by atoms with Crippen molar-refractivity contribution in [2.24, 2.45) is 0 Å². The number of aromatic nitrogens is 5. The van der Waals surface area contributed by atoms with Gasteiger partial charge in [-0.3, -0.25) is 23.8 Å². The average Bonchev–Trinajstić information content (AvgIpc) is 3.23. The maximum atomic E-state index is 13.1. The Kier molecular flexibility index (Phi) is 3.48. The predicted octanol–water partition coefficient (Wildman–Crippen LogP) is 2.72. The fourth-order valence-corrected chi connectivity index (χ4v) is 3.31. The highest BCUT2D eigenvalue weighted by molar-refractivity contribution is 5.91. The van der Waals surface area contributed by atoms with E-state index in [1.807, 2.05) is 31.2 Å². The van der Waals surface area contributed by atoms with Crippen molar-refractivity contribution in [1.29, 1.82) is 0 Å². The molecule has 7 nitrogen and oxygen atoms in total. The van der Waals surface area contributed by atoms with E-state index < -0.39 is 0 Å². The van der Waals surface area contributed by atoms with E-state index in [2.05, 4.69) is 15.2 Å². The largest absolute Gasteiger partial charge is 0.284 e. The third kappa shape index (κ3) is 2.44. The molecule has 0 atom stereocenters. The number of nitrogens with zero attached hydrogens (tertiary/aromatic N) is 4. The van der Waals surface area contributed by atoms with Crippen molar-refractivity contribution in [3.8, 4) is 11.5 Å². The van der Waals surface area contributed by atoms with Crippen LogP contribution in [0.2, 0.25) is 0 Å². The lowest BCUT2D eigenvalue weighted by Gasteiger charge is -2.09. The quantitative estimate of drug-likeness (QED) is 0.485. The zero-order valence-electron chi connectivity index (χ0n) is 15.0. The van der Waals surface area contributed by atoms with Gasteiger partial charge in [0.25, 0.3) is 11.1 Å². The Hall–Kier alpha value is -4.00. The molecule has 0 bridgehead atoms. The van der Waals surface area contributed by atoms with Crippen LogP contribution in [-0.4, -0.2) is 24.3 Å². The van der Waals surface area contributed by atoms with Crippen LogP contribution in [0.25, 0.3) is 33.3 Å². The normalized spacial score (nSPS) is 11.3. The molecule has 5 aromatic rings. The Morgan fingerprint density at radius 2 is 1.46 bits per heavy atom. The fourth-order valence-electron chi connectivity index (χ4n) is 3.31. The minimum atomic E-state index is -0.263. The van der Waals surface area contributed by atoms with Crippen molar-refractivity contribution in [2.45, 2.75) is 6.92 Å². The number of rotatable bonds is 2. The maximum absolute atomic E-state index is 13.1. The molecule has 28 heavy (non-hydrogen) atoms. The van der Waals surface area contributed by atoms with E-state index in [1.165, 1.54) is 4.57 Å². The molecule has 0 saturated heterocycles. The van der Waals surface area contributed by atoms with Crippen LogP contribution in [0, 0.1) is 6.92 Å². The molecule has 4 heterocycles. The molecule has 0 amide bonds. The Morgan fingerprint density at radius 3 is 2.11 bits per heavy atom. The zero-order valence-corrected chi connectivity index (χ0v) is 15.0. The first-order valence-electron chi connectivity index (χ1n) is 8.76. The van der Waals surface area contributed by atoms with E-state index in [1.54, 1.807) is 47.4 Å². The third-order valence-electron chi connectivity index (χ3n) is 4.80. The molecule has 136 valence electrons. The Bertz CT molecular complexity index is 1450. The van der Waals surface area contributed by atoms with Gasteiger partial charge in [0, 0.05) is 24.1 Å². The highest BCUT2D eigenvalue weighted by Crippen LogP contribution is 2.16. The highest BCUT2D eigenvalue weighted by atomic mass is 16.1. The molecule has 0 aliphatic carbocycles. The van der Waals surface area contributed by atoms with Gasteiger partial charge in [-0.1, -0.05) is 17.7 Å². The average molecular weight is 369 g/mol. The lowest BCUT2D eigenvalue weighted by Crippen LogP contribution is -2.21. The molecule has 0 aliphatic heterocycles. The minimum Gasteiger partial charge on any atom is -0.284 e. The lowest BCUT2D eigenvalue weighted by molar-refractivity contribution is 0.926. The monoisotopic (exact) mass is 369 g/mol. The smallest absolute Gasteiger partial charge is 0.265 e. The first-order chi connectivity index (χ1) is 13.6. The van der Waals surface area contributed by atoms with Crippen LogP contribution in [0.1, 0.15) is 5.56 Å². The number of H-pyrrole nitrogens is 1. The van der Waals surface area contributed by atoms with Crippen molar-refractivity contribution in [2.75, 3.05) is 0 Å². The highest BCUT2D eigenvalue weighted by Gasteiger charge is 2.11. The van der Waals surface area contributed by atoms with Crippen LogP contribution in [0.5, 0.6) is 0 Å². The molecule has 1 N–H and O–H groups in total. The van der Waals surface area contributed by atoms with E-state index in [0.717, 1.165) is 11.3 Å². The molecule has 5 rings (SSSR count). The van der Waals surface area contributed by atoms with E-state index in [9.17, 15) is 9.59 Å². The van der Waals surface area contributed by atoms with Crippen molar-refractivity contribution in [3.63, 3.8) is 0 Å². The molecule has 0 saturated carbocycles. The molecule has 0 spiro atoms. The van der Waals surface area contributed by atoms with Crippen molar-refractivity contribution < 1.29 is 0 Å². The molecule has 0 aliphatic rings. The summed E-state index contributed by atoms with van der Waals surface area (Å²) in [6, 6.07) is 14.6. The van der Waals surface area contributed by atoms with Crippen LogP contribution in [-0.2, 0) is 0 Å². The summed E-state index contributed by atoms with van der Waals surface area (Å²) < 4.78 is 3.01. The Morgan fingerprint density at radius 1 is 0.821 bits per heavy atom. The second-order valence-corrected chi connectivity index (χ2v) is 6.61. The number of benzene rings is 1. The van der Waals surface area contributed by atoms with Gasteiger partial charge < -0.3 is 0 Å². The predicted molar refractivity (Wildman–Crippen MR) is 107 cm³/mol. The molecule has 0 unspecified atom stereocenters. The van der Waals surface area contributed by atoms with Crippen LogP contribution < -0.4 is 11.1 Å². The van der Waals surface area contributed by atoms with Crippen LogP contribution >= 0.6 is 0 Å². The zero-order chi connectivity index (χ0) is 19.3. The molecule has 0 radical (unpaired) electrons.